The number of hydrogen-bond acceptors (Lipinski definition) is 5. The predicted octanol–water partition coefficient (Wildman–Crippen LogP) is 3.89. The number of hydrogen-bond donors (Lipinski definition) is 1. The molecule has 0 saturated heterocycles. The number of aromatic nitrogens is 3. The minimum atomic E-state index is -0.105. The number of nitrogens with zero attached hydrogens (tertiary/aromatic N) is 3. The summed E-state index contributed by atoms with van der Waals surface area (Å²) < 4.78 is 8.36. The normalized spacial score (nSPS) is 10.5. The van der Waals surface area contributed by atoms with Crippen molar-refractivity contribution in [1.82, 2.24) is 14.8 Å². The molecule has 1 N–H and O–H groups in total. The standard InChI is InChI=1S/C18H17BrN4O2S/c1-23-16(11-25-13-7-3-2-4-8-13)21-22-18(23)26-12-17(24)20-15-10-6-5-9-14(15)19/h2-10H,11-12H2,1H3,(H,20,24). The molecular formula is C18H17BrN4O2S. The molecule has 26 heavy (non-hydrogen) atoms. The first-order chi connectivity index (χ1) is 12.6. The van der Waals surface area contributed by atoms with E-state index in [1.54, 1.807) is 0 Å². The van der Waals surface area contributed by atoms with Crippen molar-refractivity contribution in [1.29, 1.82) is 0 Å². The number of amides is 1. The summed E-state index contributed by atoms with van der Waals surface area (Å²) in [4.78, 5) is 12.1. The van der Waals surface area contributed by atoms with Gasteiger partial charge in [-0.15, -0.1) is 10.2 Å². The van der Waals surface area contributed by atoms with E-state index in [0.29, 0.717) is 17.6 Å². The second-order valence-electron chi connectivity index (χ2n) is 5.38. The third-order valence-electron chi connectivity index (χ3n) is 3.52. The maximum Gasteiger partial charge on any atom is 0.234 e. The smallest absolute Gasteiger partial charge is 0.234 e. The van der Waals surface area contributed by atoms with E-state index in [9.17, 15) is 4.79 Å². The van der Waals surface area contributed by atoms with Crippen LogP contribution in [0.2, 0.25) is 0 Å². The molecule has 1 aromatic heterocycles. The Kier molecular flexibility index (Phi) is 6.30. The van der Waals surface area contributed by atoms with E-state index in [1.165, 1.54) is 11.8 Å². The fourth-order valence-corrected chi connectivity index (χ4v) is 3.25. The second-order valence-corrected chi connectivity index (χ2v) is 7.17. The lowest BCUT2D eigenvalue weighted by Gasteiger charge is -2.07. The highest BCUT2D eigenvalue weighted by Crippen LogP contribution is 2.22. The minimum Gasteiger partial charge on any atom is -0.486 e. The predicted molar refractivity (Wildman–Crippen MR) is 105 cm³/mol. The SMILES string of the molecule is Cn1c(COc2ccccc2)nnc1SCC(=O)Nc1ccccc1Br. The molecule has 0 fully saturated rings. The Hall–Kier alpha value is -2.32. The van der Waals surface area contributed by atoms with Gasteiger partial charge in [-0.3, -0.25) is 4.79 Å². The van der Waals surface area contributed by atoms with E-state index in [4.69, 9.17) is 4.74 Å². The Bertz CT molecular complexity index is 886. The summed E-state index contributed by atoms with van der Waals surface area (Å²) in [6, 6.07) is 17.0. The second kappa shape index (κ2) is 8.86. The molecule has 0 aliphatic heterocycles. The lowest BCUT2D eigenvalue weighted by Crippen LogP contribution is -2.15. The zero-order chi connectivity index (χ0) is 18.4. The van der Waals surface area contributed by atoms with Gasteiger partial charge in [0, 0.05) is 11.5 Å². The quantitative estimate of drug-likeness (QED) is 0.573. The first-order valence-electron chi connectivity index (χ1n) is 7.87. The Morgan fingerprint density at radius 2 is 1.88 bits per heavy atom. The van der Waals surface area contributed by atoms with Gasteiger partial charge in [0.15, 0.2) is 11.0 Å². The summed E-state index contributed by atoms with van der Waals surface area (Å²) in [7, 11) is 1.86. The molecule has 0 aliphatic carbocycles. The summed E-state index contributed by atoms with van der Waals surface area (Å²) in [5.41, 5.74) is 0.744. The van der Waals surface area contributed by atoms with Crippen LogP contribution >= 0.6 is 27.7 Å². The van der Waals surface area contributed by atoms with Gasteiger partial charge < -0.3 is 14.6 Å². The number of anilines is 1. The average Bonchev–Trinajstić information content (AvgIpc) is 3.01. The summed E-state index contributed by atoms with van der Waals surface area (Å²) in [6.07, 6.45) is 0. The van der Waals surface area contributed by atoms with Crippen LogP contribution in [0, 0.1) is 0 Å². The summed E-state index contributed by atoms with van der Waals surface area (Å²) in [5, 5.41) is 11.8. The lowest BCUT2D eigenvalue weighted by atomic mass is 10.3. The third kappa shape index (κ3) is 4.86. The van der Waals surface area contributed by atoms with Crippen LogP contribution in [0.25, 0.3) is 0 Å². The van der Waals surface area contributed by atoms with Gasteiger partial charge in [-0.2, -0.15) is 0 Å². The molecule has 3 rings (SSSR count). The van der Waals surface area contributed by atoms with Gasteiger partial charge in [0.1, 0.15) is 12.4 Å². The number of carbonyl (C=O) groups is 1. The number of rotatable bonds is 7. The molecule has 3 aromatic rings. The molecule has 0 bridgehead atoms. The first kappa shape index (κ1) is 18.5. The fourth-order valence-electron chi connectivity index (χ4n) is 2.14. The van der Waals surface area contributed by atoms with Crippen LogP contribution < -0.4 is 10.1 Å². The Balaban J connectivity index is 1.53. The van der Waals surface area contributed by atoms with Crippen molar-refractivity contribution >= 4 is 39.3 Å². The summed E-state index contributed by atoms with van der Waals surface area (Å²) >= 11 is 4.74. The molecule has 6 nitrogen and oxygen atoms in total. The van der Waals surface area contributed by atoms with E-state index in [0.717, 1.165) is 15.9 Å². The van der Waals surface area contributed by atoms with E-state index in [1.807, 2.05) is 66.2 Å². The Morgan fingerprint density at radius 3 is 2.65 bits per heavy atom. The topological polar surface area (TPSA) is 69.0 Å². The first-order valence-corrected chi connectivity index (χ1v) is 9.64. The van der Waals surface area contributed by atoms with E-state index in [2.05, 4.69) is 31.4 Å². The highest BCUT2D eigenvalue weighted by molar-refractivity contribution is 9.10. The monoisotopic (exact) mass is 432 g/mol. The largest absolute Gasteiger partial charge is 0.486 e. The van der Waals surface area contributed by atoms with Crippen molar-refractivity contribution < 1.29 is 9.53 Å². The van der Waals surface area contributed by atoms with Crippen LogP contribution in [-0.4, -0.2) is 26.4 Å². The molecule has 0 atom stereocenters. The molecule has 0 spiro atoms. The van der Waals surface area contributed by atoms with Crippen molar-refractivity contribution in [2.45, 2.75) is 11.8 Å². The van der Waals surface area contributed by atoms with Crippen LogP contribution in [0.4, 0.5) is 5.69 Å². The van der Waals surface area contributed by atoms with Crippen LogP contribution in [0.3, 0.4) is 0 Å². The molecular weight excluding hydrogens is 416 g/mol. The summed E-state index contributed by atoms with van der Waals surface area (Å²) in [6.45, 7) is 0.317. The molecule has 0 unspecified atom stereocenters. The molecule has 134 valence electrons. The van der Waals surface area contributed by atoms with Gasteiger partial charge in [0.2, 0.25) is 5.91 Å². The maximum atomic E-state index is 12.1. The van der Waals surface area contributed by atoms with Crippen LogP contribution in [0.15, 0.2) is 64.2 Å². The van der Waals surface area contributed by atoms with Gasteiger partial charge in [0.05, 0.1) is 11.4 Å². The summed E-state index contributed by atoms with van der Waals surface area (Å²) in [5.74, 6) is 1.61. The molecule has 2 aromatic carbocycles. The van der Waals surface area contributed by atoms with Crippen molar-refractivity contribution in [2.75, 3.05) is 11.1 Å². The van der Waals surface area contributed by atoms with Crippen molar-refractivity contribution in [3.8, 4) is 5.75 Å². The van der Waals surface area contributed by atoms with Crippen LogP contribution in [-0.2, 0) is 18.4 Å². The molecule has 0 aliphatic rings. The highest BCUT2D eigenvalue weighted by atomic mass is 79.9. The van der Waals surface area contributed by atoms with E-state index in [-0.39, 0.29) is 11.7 Å². The van der Waals surface area contributed by atoms with Crippen LogP contribution in [0.5, 0.6) is 5.75 Å². The molecule has 1 amide bonds. The van der Waals surface area contributed by atoms with Gasteiger partial charge >= 0.3 is 0 Å². The fraction of sp³-hybridized carbons (Fsp3) is 0.167. The Labute approximate surface area is 164 Å². The number of para-hydroxylation sites is 2. The number of ether oxygens (including phenoxy) is 1. The number of halogens is 1. The van der Waals surface area contributed by atoms with E-state index >= 15 is 0 Å². The highest BCUT2D eigenvalue weighted by Gasteiger charge is 2.12. The molecule has 0 radical (unpaired) electrons. The van der Waals surface area contributed by atoms with Crippen LogP contribution in [0.1, 0.15) is 5.82 Å². The minimum absolute atomic E-state index is 0.105. The van der Waals surface area contributed by atoms with Crippen molar-refractivity contribution in [3.05, 3.63) is 64.9 Å². The molecule has 8 heteroatoms. The van der Waals surface area contributed by atoms with E-state index < -0.39 is 0 Å². The van der Waals surface area contributed by atoms with Crippen molar-refractivity contribution in [3.63, 3.8) is 0 Å². The maximum absolute atomic E-state index is 12.1. The van der Waals surface area contributed by atoms with Gasteiger partial charge in [-0.25, -0.2) is 0 Å². The zero-order valence-corrected chi connectivity index (χ0v) is 16.5. The average molecular weight is 433 g/mol. The number of thioether (sulfide) groups is 1. The zero-order valence-electron chi connectivity index (χ0n) is 14.1. The lowest BCUT2D eigenvalue weighted by molar-refractivity contribution is -0.113. The molecule has 1 heterocycles. The number of nitrogens with one attached hydrogen (secondary N) is 1. The van der Waals surface area contributed by atoms with Crippen molar-refractivity contribution in [2.24, 2.45) is 7.05 Å². The Morgan fingerprint density at radius 1 is 1.15 bits per heavy atom. The number of benzene rings is 2. The third-order valence-corrected chi connectivity index (χ3v) is 5.23. The van der Waals surface area contributed by atoms with Gasteiger partial charge in [0.25, 0.3) is 0 Å². The molecule has 0 saturated carbocycles. The van der Waals surface area contributed by atoms with Gasteiger partial charge in [-0.1, -0.05) is 42.1 Å². The van der Waals surface area contributed by atoms with Gasteiger partial charge in [-0.05, 0) is 40.2 Å². The number of carbonyl (C=O) groups excluding carboxylic acids is 1.